The van der Waals surface area contributed by atoms with Crippen LogP contribution in [0.25, 0.3) is 5.69 Å². The second-order valence-electron chi connectivity index (χ2n) is 8.83. The fourth-order valence-electron chi connectivity index (χ4n) is 4.77. The first-order valence-corrected chi connectivity index (χ1v) is 13.1. The molecule has 1 saturated heterocycles. The van der Waals surface area contributed by atoms with Crippen molar-refractivity contribution in [2.24, 2.45) is 0 Å². The summed E-state index contributed by atoms with van der Waals surface area (Å²) in [4.78, 5) is 38.2. The predicted molar refractivity (Wildman–Crippen MR) is 129 cm³/mol. The summed E-state index contributed by atoms with van der Waals surface area (Å²) in [5.41, 5.74) is 3.50. The second kappa shape index (κ2) is 9.26. The van der Waals surface area contributed by atoms with Crippen LogP contribution in [0.5, 0.6) is 0 Å². The predicted octanol–water partition coefficient (Wildman–Crippen LogP) is 2.88. The summed E-state index contributed by atoms with van der Waals surface area (Å²) in [6.45, 7) is 6.28. The molecule has 0 radical (unpaired) electrons. The van der Waals surface area contributed by atoms with Gasteiger partial charge in [0.25, 0.3) is 5.78 Å². The maximum Gasteiger partial charge on any atom is 0.380 e. The van der Waals surface area contributed by atoms with E-state index in [1.165, 1.54) is 0 Å². The lowest BCUT2D eigenvalue weighted by atomic mass is 10.1. The maximum atomic E-state index is 12.8. The van der Waals surface area contributed by atoms with Crippen LogP contribution in [0.15, 0.2) is 36.4 Å². The van der Waals surface area contributed by atoms with E-state index in [4.69, 9.17) is 4.74 Å². The summed E-state index contributed by atoms with van der Waals surface area (Å²) >= 11 is 0. The van der Waals surface area contributed by atoms with Crippen LogP contribution in [0.2, 0.25) is 0 Å². The molecule has 3 aromatic rings. The van der Waals surface area contributed by atoms with Crippen molar-refractivity contribution < 1.29 is 27.5 Å². The number of hydrogen-bond donors (Lipinski definition) is 0. The van der Waals surface area contributed by atoms with Crippen molar-refractivity contribution in [2.45, 2.75) is 40.2 Å². The maximum absolute atomic E-state index is 12.8. The molecule has 1 aromatic carbocycles. The molecule has 0 aliphatic carbocycles. The lowest BCUT2D eigenvalue weighted by molar-refractivity contribution is -0.137. The number of rotatable bonds is 7. The molecule has 2 aromatic heterocycles. The summed E-state index contributed by atoms with van der Waals surface area (Å²) in [6.07, 6.45) is 0.491. The molecule has 0 spiro atoms. The number of hydrogen-bond acceptors (Lipinski definition) is 7. The molecular formula is C25H27N3O6S. The molecule has 1 aliphatic rings. The van der Waals surface area contributed by atoms with E-state index >= 15 is 0 Å². The van der Waals surface area contributed by atoms with Crippen LogP contribution in [0.4, 0.5) is 0 Å². The highest BCUT2D eigenvalue weighted by atomic mass is 32.2. The Morgan fingerprint density at radius 3 is 2.37 bits per heavy atom. The molecule has 0 saturated carbocycles. The number of aromatic nitrogens is 3. The number of ketones is 2. The Labute approximate surface area is 203 Å². The van der Waals surface area contributed by atoms with Gasteiger partial charge in [0, 0.05) is 23.0 Å². The first-order chi connectivity index (χ1) is 16.5. The standard InChI is InChI=1S/C25H27N3O6S/c1-15-12-21(17(3)27(15)20-10-11-35(32,33)14-20)22(29)13-34-25(31)24(30)23-16(2)26-28(18(23)4)19-8-6-5-7-9-19/h5-9,12,20H,10-11,13-14H2,1-4H3. The van der Waals surface area contributed by atoms with Gasteiger partial charge < -0.3 is 9.30 Å². The lowest BCUT2D eigenvalue weighted by Gasteiger charge is -2.16. The molecule has 1 aliphatic heterocycles. The molecule has 184 valence electrons. The summed E-state index contributed by atoms with van der Waals surface area (Å²) in [7, 11) is -3.09. The van der Waals surface area contributed by atoms with E-state index in [-0.39, 0.29) is 23.1 Å². The molecule has 0 bridgehead atoms. The minimum Gasteiger partial charge on any atom is -0.451 e. The summed E-state index contributed by atoms with van der Waals surface area (Å²) in [6, 6.07) is 10.7. The smallest absolute Gasteiger partial charge is 0.380 e. The van der Waals surface area contributed by atoms with Gasteiger partial charge >= 0.3 is 5.97 Å². The normalized spacial score (nSPS) is 16.9. The number of carbonyl (C=O) groups is 3. The van der Waals surface area contributed by atoms with Crippen molar-refractivity contribution in [3.05, 3.63) is 70.3 Å². The van der Waals surface area contributed by atoms with Crippen molar-refractivity contribution in [3.8, 4) is 5.69 Å². The number of carbonyl (C=O) groups excluding carboxylic acids is 3. The van der Waals surface area contributed by atoms with Crippen molar-refractivity contribution >= 4 is 27.4 Å². The molecule has 0 N–H and O–H groups in total. The fraction of sp³-hybridized carbons (Fsp3) is 0.360. The van der Waals surface area contributed by atoms with Gasteiger partial charge in [0.05, 0.1) is 34.1 Å². The summed E-state index contributed by atoms with van der Waals surface area (Å²) in [5.74, 6) is -2.29. The zero-order valence-corrected chi connectivity index (χ0v) is 20.9. The van der Waals surface area contributed by atoms with E-state index in [1.54, 1.807) is 38.4 Å². The van der Waals surface area contributed by atoms with Gasteiger partial charge in [0.15, 0.2) is 16.4 Å². The van der Waals surface area contributed by atoms with Crippen LogP contribution < -0.4 is 0 Å². The third-order valence-electron chi connectivity index (χ3n) is 6.40. The van der Waals surface area contributed by atoms with Crippen LogP contribution in [0.3, 0.4) is 0 Å². The number of esters is 1. The lowest BCUT2D eigenvalue weighted by Crippen LogP contribution is -2.23. The van der Waals surface area contributed by atoms with E-state index < -0.39 is 34.0 Å². The van der Waals surface area contributed by atoms with Gasteiger partial charge in [-0.1, -0.05) is 18.2 Å². The van der Waals surface area contributed by atoms with Gasteiger partial charge in [-0.3, -0.25) is 9.59 Å². The zero-order chi connectivity index (χ0) is 25.5. The Bertz CT molecular complexity index is 1430. The molecule has 3 heterocycles. The Kier molecular flexibility index (Phi) is 6.50. The SMILES string of the molecule is Cc1nn(-c2ccccc2)c(C)c1C(=O)C(=O)OCC(=O)c1cc(C)n(C2CCS(=O)(=O)C2)c1C. The van der Waals surface area contributed by atoms with Crippen molar-refractivity contribution in [2.75, 3.05) is 18.1 Å². The Hall–Kier alpha value is -3.53. The zero-order valence-electron chi connectivity index (χ0n) is 20.1. The second-order valence-corrected chi connectivity index (χ2v) is 11.1. The fourth-order valence-corrected chi connectivity index (χ4v) is 6.47. The highest BCUT2D eigenvalue weighted by Crippen LogP contribution is 2.29. The minimum atomic E-state index is -3.09. The third-order valence-corrected chi connectivity index (χ3v) is 8.15. The van der Waals surface area contributed by atoms with Crippen molar-refractivity contribution in [1.82, 2.24) is 14.3 Å². The largest absolute Gasteiger partial charge is 0.451 e. The van der Waals surface area contributed by atoms with Crippen LogP contribution in [0, 0.1) is 27.7 Å². The molecule has 35 heavy (non-hydrogen) atoms. The summed E-state index contributed by atoms with van der Waals surface area (Å²) < 4.78 is 32.3. The molecule has 1 unspecified atom stereocenters. The molecule has 9 nitrogen and oxygen atoms in total. The quantitative estimate of drug-likeness (QED) is 0.280. The number of sulfone groups is 1. The van der Waals surface area contributed by atoms with Gasteiger partial charge in [-0.25, -0.2) is 17.9 Å². The van der Waals surface area contributed by atoms with Gasteiger partial charge in [0.2, 0.25) is 5.78 Å². The molecule has 0 amide bonds. The molecule has 10 heteroatoms. The van der Waals surface area contributed by atoms with E-state index in [1.807, 2.05) is 34.9 Å². The first-order valence-electron chi connectivity index (χ1n) is 11.3. The molecular weight excluding hydrogens is 470 g/mol. The third kappa shape index (κ3) is 4.70. The molecule has 4 rings (SSSR count). The average molecular weight is 498 g/mol. The van der Waals surface area contributed by atoms with Crippen LogP contribution >= 0.6 is 0 Å². The number of benzene rings is 1. The van der Waals surface area contributed by atoms with E-state index in [2.05, 4.69) is 5.10 Å². The Balaban J connectivity index is 1.47. The molecule has 1 atom stereocenters. The van der Waals surface area contributed by atoms with Crippen LogP contribution in [-0.2, 0) is 19.4 Å². The monoisotopic (exact) mass is 497 g/mol. The number of para-hydroxylation sites is 1. The van der Waals surface area contributed by atoms with Gasteiger partial charge in [0.1, 0.15) is 0 Å². The van der Waals surface area contributed by atoms with E-state index in [0.29, 0.717) is 29.1 Å². The van der Waals surface area contributed by atoms with Crippen LogP contribution in [0.1, 0.15) is 56.0 Å². The van der Waals surface area contributed by atoms with Gasteiger partial charge in [-0.05, 0) is 52.3 Å². The van der Waals surface area contributed by atoms with Crippen molar-refractivity contribution in [3.63, 3.8) is 0 Å². The first kappa shape index (κ1) is 24.6. The number of Topliss-reactive ketones (excluding diaryl/α,β-unsaturated/α-hetero) is 2. The highest BCUT2D eigenvalue weighted by Gasteiger charge is 2.32. The van der Waals surface area contributed by atoms with E-state index in [9.17, 15) is 22.8 Å². The number of aryl methyl sites for hydroxylation is 2. The van der Waals surface area contributed by atoms with Crippen molar-refractivity contribution in [1.29, 1.82) is 0 Å². The number of ether oxygens (including phenoxy) is 1. The van der Waals surface area contributed by atoms with E-state index in [0.717, 1.165) is 11.4 Å². The van der Waals surface area contributed by atoms with Gasteiger partial charge in [-0.2, -0.15) is 5.10 Å². The minimum absolute atomic E-state index is 0.0375. The Morgan fingerprint density at radius 1 is 1.06 bits per heavy atom. The van der Waals surface area contributed by atoms with Crippen LogP contribution in [-0.4, -0.2) is 58.4 Å². The summed E-state index contributed by atoms with van der Waals surface area (Å²) in [5, 5.41) is 4.37. The highest BCUT2D eigenvalue weighted by molar-refractivity contribution is 7.91. The molecule has 1 fully saturated rings. The topological polar surface area (TPSA) is 117 Å². The Morgan fingerprint density at radius 2 is 1.74 bits per heavy atom. The average Bonchev–Trinajstić information content (AvgIpc) is 3.43. The number of nitrogens with zero attached hydrogens (tertiary/aromatic N) is 3. The van der Waals surface area contributed by atoms with Gasteiger partial charge in [-0.15, -0.1) is 0 Å².